The monoisotopic (exact) mass is 935 g/mol. The van der Waals surface area contributed by atoms with Crippen LogP contribution in [0, 0.1) is 0 Å². The molecule has 0 aliphatic rings. The van der Waals surface area contributed by atoms with E-state index in [0.717, 1.165) is 83.5 Å². The van der Waals surface area contributed by atoms with Gasteiger partial charge in [0.1, 0.15) is 13.2 Å². The van der Waals surface area contributed by atoms with Gasteiger partial charge in [-0.2, -0.15) is 0 Å². The Kier molecular flexibility index (Phi) is 52.8. The van der Waals surface area contributed by atoms with E-state index >= 15 is 0 Å². The fourth-order valence-electron chi connectivity index (χ4n) is 8.05. The van der Waals surface area contributed by atoms with Crippen molar-refractivity contribution in [3.8, 4) is 0 Å². The van der Waals surface area contributed by atoms with E-state index in [1.54, 1.807) is 0 Å². The highest BCUT2D eigenvalue weighted by Gasteiger charge is 2.19. The molecule has 0 rings (SSSR count). The molecular formula is C61H106O6. The third-order valence-electron chi connectivity index (χ3n) is 12.3. The summed E-state index contributed by atoms with van der Waals surface area (Å²) in [4.78, 5) is 38.1. The van der Waals surface area contributed by atoms with E-state index < -0.39 is 6.10 Å². The number of ether oxygens (including phenoxy) is 3. The Hall–Kier alpha value is -3.15. The minimum Gasteiger partial charge on any atom is -0.462 e. The maximum absolute atomic E-state index is 12.8. The van der Waals surface area contributed by atoms with Gasteiger partial charge in [-0.05, 0) is 64.2 Å². The maximum Gasteiger partial charge on any atom is 0.306 e. The van der Waals surface area contributed by atoms with Crippen LogP contribution in [0.2, 0.25) is 0 Å². The van der Waals surface area contributed by atoms with Crippen molar-refractivity contribution in [2.75, 3.05) is 13.2 Å². The van der Waals surface area contributed by atoms with Crippen LogP contribution < -0.4 is 0 Å². The third kappa shape index (κ3) is 53.7. The number of hydrogen-bond donors (Lipinski definition) is 0. The lowest BCUT2D eigenvalue weighted by Gasteiger charge is -2.18. The number of rotatable bonds is 51. The second-order valence-corrected chi connectivity index (χ2v) is 18.9. The fourth-order valence-corrected chi connectivity index (χ4v) is 8.05. The van der Waals surface area contributed by atoms with Gasteiger partial charge < -0.3 is 14.2 Å². The van der Waals surface area contributed by atoms with Crippen LogP contribution >= 0.6 is 0 Å². The Balaban J connectivity index is 4.42. The predicted octanol–water partition coefficient (Wildman–Crippen LogP) is 19.0. The van der Waals surface area contributed by atoms with Crippen LogP contribution in [0.3, 0.4) is 0 Å². The first-order valence-electron chi connectivity index (χ1n) is 28.5. The van der Waals surface area contributed by atoms with E-state index in [1.807, 2.05) is 48.6 Å². The summed E-state index contributed by atoms with van der Waals surface area (Å²) in [5, 5.41) is 0. The molecule has 0 fully saturated rings. The molecule has 0 radical (unpaired) electrons. The molecule has 0 spiro atoms. The Bertz CT molecular complexity index is 1260. The van der Waals surface area contributed by atoms with Crippen molar-refractivity contribution in [3.05, 3.63) is 72.9 Å². The van der Waals surface area contributed by atoms with E-state index in [2.05, 4.69) is 45.1 Å². The van der Waals surface area contributed by atoms with Crippen molar-refractivity contribution < 1.29 is 28.6 Å². The second-order valence-electron chi connectivity index (χ2n) is 18.9. The molecule has 0 amide bonds. The Morgan fingerprint density at radius 2 is 0.597 bits per heavy atom. The molecule has 0 aromatic carbocycles. The zero-order valence-corrected chi connectivity index (χ0v) is 44.2. The number of hydrogen-bond acceptors (Lipinski definition) is 6. The summed E-state index contributed by atoms with van der Waals surface area (Å²) in [7, 11) is 0. The van der Waals surface area contributed by atoms with Gasteiger partial charge in [-0.1, -0.05) is 267 Å². The second kappa shape index (κ2) is 55.4. The molecule has 0 aliphatic carbocycles. The summed E-state index contributed by atoms with van der Waals surface area (Å²) in [6.07, 6.45) is 70.3. The molecule has 0 heterocycles. The molecular weight excluding hydrogens is 829 g/mol. The quantitative estimate of drug-likeness (QED) is 0.0199. The van der Waals surface area contributed by atoms with E-state index in [4.69, 9.17) is 14.2 Å². The van der Waals surface area contributed by atoms with Gasteiger partial charge in [0.05, 0.1) is 0 Å². The van der Waals surface area contributed by atoms with Gasteiger partial charge in [0.25, 0.3) is 0 Å². The smallest absolute Gasteiger partial charge is 0.306 e. The average molecular weight is 936 g/mol. The van der Waals surface area contributed by atoms with Crippen LogP contribution in [0.25, 0.3) is 0 Å². The van der Waals surface area contributed by atoms with Gasteiger partial charge in [-0.25, -0.2) is 0 Å². The van der Waals surface area contributed by atoms with E-state index in [-0.39, 0.29) is 31.1 Å². The molecule has 386 valence electrons. The highest BCUT2D eigenvalue weighted by Crippen LogP contribution is 2.16. The number of esters is 3. The maximum atomic E-state index is 12.8. The molecule has 1 atom stereocenters. The molecule has 0 saturated heterocycles. The summed E-state index contributed by atoms with van der Waals surface area (Å²) in [6.45, 7) is 6.48. The van der Waals surface area contributed by atoms with Crippen LogP contribution in [-0.4, -0.2) is 37.2 Å². The SMILES string of the molecule is CC\C=C/C=C\C=C/C=C\C=C/CCCCCC(=O)OCC(COC(=O)CCCCCCCCCCCCCCCCCCCC)OC(=O)CCCCCCC/C=C\CCCCCCCCC. The van der Waals surface area contributed by atoms with Crippen LogP contribution in [-0.2, 0) is 28.6 Å². The predicted molar refractivity (Wildman–Crippen MR) is 288 cm³/mol. The van der Waals surface area contributed by atoms with Gasteiger partial charge in [-0.15, -0.1) is 0 Å². The first-order valence-corrected chi connectivity index (χ1v) is 28.5. The largest absolute Gasteiger partial charge is 0.462 e. The summed E-state index contributed by atoms with van der Waals surface area (Å²) in [6, 6.07) is 0. The van der Waals surface area contributed by atoms with Crippen LogP contribution in [0.1, 0.15) is 278 Å². The highest BCUT2D eigenvalue weighted by molar-refractivity contribution is 5.71. The topological polar surface area (TPSA) is 78.9 Å². The van der Waals surface area contributed by atoms with Crippen LogP contribution in [0.15, 0.2) is 72.9 Å². The summed E-state index contributed by atoms with van der Waals surface area (Å²) < 4.78 is 16.8. The Morgan fingerprint density at radius 3 is 0.970 bits per heavy atom. The number of unbranched alkanes of at least 4 members (excludes halogenated alkanes) is 32. The van der Waals surface area contributed by atoms with Crippen molar-refractivity contribution >= 4 is 17.9 Å². The van der Waals surface area contributed by atoms with E-state index in [0.29, 0.717) is 19.3 Å². The molecule has 0 aromatic heterocycles. The molecule has 0 saturated carbocycles. The van der Waals surface area contributed by atoms with Gasteiger partial charge in [0.2, 0.25) is 0 Å². The molecule has 0 aromatic rings. The van der Waals surface area contributed by atoms with Gasteiger partial charge >= 0.3 is 17.9 Å². The van der Waals surface area contributed by atoms with Gasteiger partial charge in [0, 0.05) is 19.3 Å². The minimum atomic E-state index is -0.796. The molecule has 0 aliphatic heterocycles. The highest BCUT2D eigenvalue weighted by atomic mass is 16.6. The number of carbonyl (C=O) groups is 3. The summed E-state index contributed by atoms with van der Waals surface area (Å²) in [5.74, 6) is -0.932. The van der Waals surface area contributed by atoms with Crippen molar-refractivity contribution in [2.45, 2.75) is 284 Å². The number of allylic oxidation sites excluding steroid dienone is 12. The zero-order chi connectivity index (χ0) is 48.6. The van der Waals surface area contributed by atoms with E-state index in [1.165, 1.54) is 154 Å². The lowest BCUT2D eigenvalue weighted by atomic mass is 10.0. The zero-order valence-electron chi connectivity index (χ0n) is 44.2. The molecule has 6 heteroatoms. The van der Waals surface area contributed by atoms with Crippen molar-refractivity contribution in [3.63, 3.8) is 0 Å². The summed E-state index contributed by atoms with van der Waals surface area (Å²) in [5.41, 5.74) is 0. The third-order valence-corrected chi connectivity index (χ3v) is 12.3. The lowest BCUT2D eigenvalue weighted by molar-refractivity contribution is -0.167. The van der Waals surface area contributed by atoms with E-state index in [9.17, 15) is 14.4 Å². The molecule has 1 unspecified atom stereocenters. The average Bonchev–Trinajstić information content (AvgIpc) is 3.33. The normalized spacial score (nSPS) is 12.6. The minimum absolute atomic E-state index is 0.0903. The van der Waals surface area contributed by atoms with Crippen molar-refractivity contribution in [1.82, 2.24) is 0 Å². The summed E-state index contributed by atoms with van der Waals surface area (Å²) >= 11 is 0. The Labute approximate surface area is 414 Å². The molecule has 0 bridgehead atoms. The molecule has 67 heavy (non-hydrogen) atoms. The lowest BCUT2D eigenvalue weighted by Crippen LogP contribution is -2.30. The number of carbonyl (C=O) groups excluding carboxylic acids is 3. The fraction of sp³-hybridized carbons (Fsp3) is 0.754. The first kappa shape index (κ1) is 63.8. The molecule has 6 nitrogen and oxygen atoms in total. The van der Waals surface area contributed by atoms with Gasteiger partial charge in [0.15, 0.2) is 6.10 Å². The Morgan fingerprint density at radius 1 is 0.313 bits per heavy atom. The van der Waals surface area contributed by atoms with Crippen molar-refractivity contribution in [2.24, 2.45) is 0 Å². The van der Waals surface area contributed by atoms with Crippen LogP contribution in [0.4, 0.5) is 0 Å². The van der Waals surface area contributed by atoms with Crippen LogP contribution in [0.5, 0.6) is 0 Å². The van der Waals surface area contributed by atoms with Gasteiger partial charge in [-0.3, -0.25) is 14.4 Å². The molecule has 0 N–H and O–H groups in total. The standard InChI is InChI=1S/C61H106O6/c1-4-7-10-13-16-19-22-25-28-30-31-34-36-39-42-45-48-51-54-60(63)66-57-58(56-65-59(62)53-50-47-44-41-38-35-32-27-24-21-18-15-12-9-6-3)67-61(64)55-52-49-46-43-40-37-33-29-26-23-20-17-14-11-8-5-2/h9,12,15,18,21,24,27,29,32-33,35,38,58H,4-8,10-11,13-14,16-17,19-20,22-23,25-26,28,30-31,34,36-37,39-57H2,1-3H3/b12-9-,18-15-,24-21-,32-27-,33-29-,38-35-. The van der Waals surface area contributed by atoms with Crippen molar-refractivity contribution in [1.29, 1.82) is 0 Å². The first-order chi connectivity index (χ1) is 33.0.